The predicted molar refractivity (Wildman–Crippen MR) is 103 cm³/mol. The molecule has 5 nitrogen and oxygen atoms in total. The largest absolute Gasteiger partial charge is 0.371 e. The maximum atomic E-state index is 12.0. The molecule has 0 unspecified atom stereocenters. The molecular weight excluding hydrogens is 328 g/mol. The average molecular weight is 354 g/mol. The number of rotatable bonds is 5. The highest BCUT2D eigenvalue weighted by atomic mass is 16.5. The summed E-state index contributed by atoms with van der Waals surface area (Å²) in [6, 6.07) is 15.1. The van der Waals surface area contributed by atoms with Gasteiger partial charge in [-0.15, -0.1) is 0 Å². The van der Waals surface area contributed by atoms with Crippen LogP contribution in [0.1, 0.15) is 37.5 Å². The number of aryl methyl sites for hydroxylation is 1. The molecule has 2 rings (SSSR count). The summed E-state index contributed by atoms with van der Waals surface area (Å²) in [6.07, 6.45) is 0. The Labute approximate surface area is 154 Å². The van der Waals surface area contributed by atoms with E-state index in [9.17, 15) is 9.59 Å². The molecule has 5 heteroatoms. The summed E-state index contributed by atoms with van der Waals surface area (Å²) >= 11 is 0. The van der Waals surface area contributed by atoms with Crippen LogP contribution in [0.5, 0.6) is 0 Å². The number of hydrogen-bond acceptors (Lipinski definition) is 3. The van der Waals surface area contributed by atoms with Crippen LogP contribution in [-0.4, -0.2) is 17.4 Å². The molecule has 0 radical (unpaired) electrons. The Balaban J connectivity index is 1.88. The minimum absolute atomic E-state index is 0.210. The van der Waals surface area contributed by atoms with Gasteiger partial charge in [0.15, 0.2) is 0 Å². The standard InChI is InChI=1S/C21H26N2O3/c1-15-8-5-6-11-18(15)23-20(25)19(24)22-13-16-9-7-10-17(12-16)14-26-21(2,3)4/h5-12H,13-14H2,1-4H3,(H,22,24)(H,23,25). The molecule has 2 amide bonds. The van der Waals surface area contributed by atoms with Gasteiger partial charge in [-0.2, -0.15) is 0 Å². The molecule has 0 aromatic heterocycles. The third-order valence-corrected chi connectivity index (χ3v) is 3.72. The van der Waals surface area contributed by atoms with Crippen LogP contribution in [0.3, 0.4) is 0 Å². The van der Waals surface area contributed by atoms with Crippen molar-refractivity contribution in [1.82, 2.24) is 5.32 Å². The third kappa shape index (κ3) is 6.33. The lowest BCUT2D eigenvalue weighted by Crippen LogP contribution is -2.35. The van der Waals surface area contributed by atoms with E-state index in [1.165, 1.54) is 0 Å². The van der Waals surface area contributed by atoms with Crippen molar-refractivity contribution in [2.24, 2.45) is 0 Å². The molecule has 0 aliphatic carbocycles. The van der Waals surface area contributed by atoms with E-state index in [0.717, 1.165) is 16.7 Å². The molecule has 0 saturated carbocycles. The molecule has 0 saturated heterocycles. The highest BCUT2D eigenvalue weighted by molar-refractivity contribution is 6.39. The smallest absolute Gasteiger partial charge is 0.313 e. The summed E-state index contributed by atoms with van der Waals surface area (Å²) in [7, 11) is 0. The van der Waals surface area contributed by atoms with Crippen LogP contribution >= 0.6 is 0 Å². The van der Waals surface area contributed by atoms with Crippen LogP contribution in [0.25, 0.3) is 0 Å². The van der Waals surface area contributed by atoms with Gasteiger partial charge in [-0.25, -0.2) is 0 Å². The highest BCUT2D eigenvalue weighted by Gasteiger charge is 2.14. The lowest BCUT2D eigenvalue weighted by molar-refractivity contribution is -0.136. The fourth-order valence-electron chi connectivity index (χ4n) is 2.28. The summed E-state index contributed by atoms with van der Waals surface area (Å²) in [5.41, 5.74) is 3.26. The fraction of sp³-hybridized carbons (Fsp3) is 0.333. The van der Waals surface area contributed by atoms with E-state index in [4.69, 9.17) is 4.74 Å². The van der Waals surface area contributed by atoms with E-state index in [1.54, 1.807) is 6.07 Å². The number of hydrogen-bond donors (Lipinski definition) is 2. The molecule has 0 fully saturated rings. The number of carbonyl (C=O) groups excluding carboxylic acids is 2. The Morgan fingerprint density at radius 3 is 2.35 bits per heavy atom. The van der Waals surface area contributed by atoms with E-state index in [1.807, 2.05) is 70.2 Å². The number of anilines is 1. The van der Waals surface area contributed by atoms with Crippen molar-refractivity contribution < 1.29 is 14.3 Å². The zero-order chi connectivity index (χ0) is 19.2. The van der Waals surface area contributed by atoms with Crippen LogP contribution < -0.4 is 10.6 Å². The van der Waals surface area contributed by atoms with E-state index >= 15 is 0 Å². The highest BCUT2D eigenvalue weighted by Crippen LogP contribution is 2.14. The monoisotopic (exact) mass is 354 g/mol. The molecule has 0 aliphatic rings. The summed E-state index contributed by atoms with van der Waals surface area (Å²) in [4.78, 5) is 24.0. The van der Waals surface area contributed by atoms with Crippen LogP contribution in [-0.2, 0) is 27.5 Å². The summed E-state index contributed by atoms with van der Waals surface area (Å²) < 4.78 is 5.76. The number of amides is 2. The molecule has 0 spiro atoms. The predicted octanol–water partition coefficient (Wildman–Crippen LogP) is 3.57. The maximum Gasteiger partial charge on any atom is 0.313 e. The van der Waals surface area contributed by atoms with Crippen molar-refractivity contribution in [3.8, 4) is 0 Å². The first-order valence-corrected chi connectivity index (χ1v) is 8.61. The van der Waals surface area contributed by atoms with Gasteiger partial charge < -0.3 is 15.4 Å². The minimum Gasteiger partial charge on any atom is -0.371 e. The molecular formula is C21H26N2O3. The Hall–Kier alpha value is -2.66. The van der Waals surface area contributed by atoms with Crippen LogP contribution in [0.2, 0.25) is 0 Å². The molecule has 138 valence electrons. The molecule has 0 heterocycles. The average Bonchev–Trinajstić information content (AvgIpc) is 2.59. The van der Waals surface area contributed by atoms with Gasteiger partial charge in [0.25, 0.3) is 0 Å². The quantitative estimate of drug-likeness (QED) is 0.807. The molecule has 2 N–H and O–H groups in total. The zero-order valence-electron chi connectivity index (χ0n) is 15.8. The molecule has 2 aromatic carbocycles. The minimum atomic E-state index is -0.675. The molecule has 0 bridgehead atoms. The number of para-hydroxylation sites is 1. The topological polar surface area (TPSA) is 67.4 Å². The first-order valence-electron chi connectivity index (χ1n) is 8.61. The number of nitrogens with one attached hydrogen (secondary N) is 2. The second kappa shape index (κ2) is 8.63. The first kappa shape index (κ1) is 19.7. The van der Waals surface area contributed by atoms with Crippen molar-refractivity contribution in [1.29, 1.82) is 0 Å². The van der Waals surface area contributed by atoms with Gasteiger partial charge in [0, 0.05) is 12.2 Å². The number of carbonyl (C=O) groups is 2. The van der Waals surface area contributed by atoms with Gasteiger partial charge in [0.05, 0.1) is 12.2 Å². The lowest BCUT2D eigenvalue weighted by Gasteiger charge is -2.19. The second-order valence-corrected chi connectivity index (χ2v) is 7.17. The Bertz CT molecular complexity index is 779. The van der Waals surface area contributed by atoms with Gasteiger partial charge in [0.2, 0.25) is 0 Å². The Morgan fingerprint density at radius 1 is 0.962 bits per heavy atom. The SMILES string of the molecule is Cc1ccccc1NC(=O)C(=O)NCc1cccc(COC(C)(C)C)c1. The molecule has 0 atom stereocenters. The van der Waals surface area contributed by atoms with E-state index in [-0.39, 0.29) is 12.1 Å². The van der Waals surface area contributed by atoms with E-state index in [2.05, 4.69) is 10.6 Å². The number of ether oxygens (including phenoxy) is 1. The van der Waals surface area contributed by atoms with Gasteiger partial charge in [-0.3, -0.25) is 9.59 Å². The zero-order valence-corrected chi connectivity index (χ0v) is 15.8. The molecule has 0 aliphatic heterocycles. The van der Waals surface area contributed by atoms with Gasteiger partial charge in [0.1, 0.15) is 0 Å². The maximum absolute atomic E-state index is 12.0. The first-order chi connectivity index (χ1) is 12.2. The van der Waals surface area contributed by atoms with Gasteiger partial charge >= 0.3 is 11.8 Å². The Morgan fingerprint density at radius 2 is 1.65 bits per heavy atom. The van der Waals surface area contributed by atoms with Crippen molar-refractivity contribution >= 4 is 17.5 Å². The van der Waals surface area contributed by atoms with Gasteiger partial charge in [-0.05, 0) is 50.5 Å². The fourth-order valence-corrected chi connectivity index (χ4v) is 2.28. The summed E-state index contributed by atoms with van der Waals surface area (Å²) in [5.74, 6) is -1.34. The van der Waals surface area contributed by atoms with E-state index in [0.29, 0.717) is 12.3 Å². The van der Waals surface area contributed by atoms with E-state index < -0.39 is 11.8 Å². The lowest BCUT2D eigenvalue weighted by atomic mass is 10.1. The van der Waals surface area contributed by atoms with Crippen molar-refractivity contribution in [2.45, 2.75) is 46.4 Å². The second-order valence-electron chi connectivity index (χ2n) is 7.17. The molecule has 2 aromatic rings. The summed E-state index contributed by atoms with van der Waals surface area (Å²) in [5, 5.41) is 5.27. The van der Waals surface area contributed by atoms with Crippen molar-refractivity contribution in [2.75, 3.05) is 5.32 Å². The summed E-state index contributed by atoms with van der Waals surface area (Å²) in [6.45, 7) is 8.67. The van der Waals surface area contributed by atoms with Crippen LogP contribution in [0.15, 0.2) is 48.5 Å². The van der Waals surface area contributed by atoms with Gasteiger partial charge in [-0.1, -0.05) is 42.5 Å². The van der Waals surface area contributed by atoms with Crippen LogP contribution in [0, 0.1) is 6.92 Å². The van der Waals surface area contributed by atoms with Crippen molar-refractivity contribution in [3.63, 3.8) is 0 Å². The third-order valence-electron chi connectivity index (χ3n) is 3.72. The van der Waals surface area contributed by atoms with Crippen LogP contribution in [0.4, 0.5) is 5.69 Å². The van der Waals surface area contributed by atoms with Crippen molar-refractivity contribution in [3.05, 3.63) is 65.2 Å². The molecule has 26 heavy (non-hydrogen) atoms. The normalized spacial score (nSPS) is 11.1. The Kier molecular flexibility index (Phi) is 6.52. The number of benzene rings is 2.